The third-order valence-electron chi connectivity index (χ3n) is 3.22. The van der Waals surface area contributed by atoms with Gasteiger partial charge in [0.05, 0.1) is 12.7 Å². The van der Waals surface area contributed by atoms with Gasteiger partial charge in [0.15, 0.2) is 0 Å². The molecule has 4 nitrogen and oxygen atoms in total. The first-order valence-corrected chi connectivity index (χ1v) is 7.16. The van der Waals surface area contributed by atoms with Gasteiger partial charge in [0.25, 0.3) is 0 Å². The van der Waals surface area contributed by atoms with Gasteiger partial charge in [0.2, 0.25) is 0 Å². The summed E-state index contributed by atoms with van der Waals surface area (Å²) in [5.74, 6) is 0.647. The monoisotopic (exact) mass is 286 g/mol. The lowest BCUT2D eigenvalue weighted by Crippen LogP contribution is -2.28. The number of hydrogen-bond acceptors (Lipinski definition) is 4. The SMILES string of the molecule is ClCCCN1Cc2ccccc2C(c2cnccn2)=N1. The molecule has 0 spiro atoms. The van der Waals surface area contributed by atoms with Gasteiger partial charge in [-0.05, 0) is 12.0 Å². The van der Waals surface area contributed by atoms with E-state index in [1.165, 1.54) is 5.56 Å². The maximum Gasteiger partial charge on any atom is 0.118 e. The third kappa shape index (κ3) is 2.65. The summed E-state index contributed by atoms with van der Waals surface area (Å²) in [5, 5.41) is 6.77. The fourth-order valence-electron chi connectivity index (χ4n) is 2.30. The van der Waals surface area contributed by atoms with Crippen LogP contribution >= 0.6 is 11.6 Å². The van der Waals surface area contributed by atoms with Crippen LogP contribution in [0, 0.1) is 0 Å². The Morgan fingerprint density at radius 1 is 1.20 bits per heavy atom. The van der Waals surface area contributed by atoms with E-state index < -0.39 is 0 Å². The lowest BCUT2D eigenvalue weighted by atomic mass is 9.99. The van der Waals surface area contributed by atoms with E-state index in [4.69, 9.17) is 16.7 Å². The number of fused-ring (bicyclic) bond motifs is 1. The van der Waals surface area contributed by atoms with E-state index in [2.05, 4.69) is 33.2 Å². The zero-order chi connectivity index (χ0) is 13.8. The van der Waals surface area contributed by atoms with Gasteiger partial charge in [-0.1, -0.05) is 24.3 Å². The zero-order valence-corrected chi connectivity index (χ0v) is 11.8. The van der Waals surface area contributed by atoms with E-state index in [9.17, 15) is 0 Å². The summed E-state index contributed by atoms with van der Waals surface area (Å²) in [6, 6.07) is 8.30. The molecule has 1 aliphatic rings. The van der Waals surface area contributed by atoms with Crippen LogP contribution in [0.15, 0.2) is 48.0 Å². The second-order valence-electron chi connectivity index (χ2n) is 4.63. The van der Waals surface area contributed by atoms with E-state index in [1.54, 1.807) is 18.6 Å². The van der Waals surface area contributed by atoms with Crippen molar-refractivity contribution >= 4 is 17.3 Å². The van der Waals surface area contributed by atoms with Gasteiger partial charge < -0.3 is 0 Å². The lowest BCUT2D eigenvalue weighted by molar-refractivity contribution is 0.276. The number of hydrogen-bond donors (Lipinski definition) is 0. The van der Waals surface area contributed by atoms with Gasteiger partial charge in [-0.2, -0.15) is 5.10 Å². The first-order valence-electron chi connectivity index (χ1n) is 6.62. The topological polar surface area (TPSA) is 41.4 Å². The molecule has 0 saturated heterocycles. The minimum Gasteiger partial charge on any atom is -0.292 e. The van der Waals surface area contributed by atoms with Crippen molar-refractivity contribution in [1.82, 2.24) is 15.0 Å². The van der Waals surface area contributed by atoms with Crippen LogP contribution in [0.1, 0.15) is 23.2 Å². The Kier molecular flexibility index (Phi) is 3.92. The standard InChI is InChI=1S/C15H15ClN4/c16-6-3-9-20-11-12-4-1-2-5-13(12)15(19-20)14-10-17-7-8-18-14/h1-2,4-5,7-8,10H,3,6,9,11H2. The molecule has 2 aromatic rings. The Bertz CT molecular complexity index is 612. The highest BCUT2D eigenvalue weighted by Crippen LogP contribution is 2.21. The summed E-state index contributed by atoms with van der Waals surface area (Å²) < 4.78 is 0. The molecule has 1 aliphatic heterocycles. The smallest absolute Gasteiger partial charge is 0.118 e. The van der Waals surface area contributed by atoms with Gasteiger partial charge in [-0.15, -0.1) is 11.6 Å². The number of halogens is 1. The molecule has 0 aliphatic carbocycles. The van der Waals surface area contributed by atoms with Crippen molar-refractivity contribution < 1.29 is 0 Å². The second kappa shape index (κ2) is 6.01. The van der Waals surface area contributed by atoms with Gasteiger partial charge in [-0.25, -0.2) is 0 Å². The minimum absolute atomic E-state index is 0.647. The van der Waals surface area contributed by atoms with E-state index in [1.807, 2.05) is 6.07 Å². The minimum atomic E-state index is 0.647. The highest BCUT2D eigenvalue weighted by atomic mass is 35.5. The Hall–Kier alpha value is -1.94. The summed E-state index contributed by atoms with van der Waals surface area (Å²) in [6.45, 7) is 1.67. The van der Waals surface area contributed by atoms with E-state index in [-0.39, 0.29) is 0 Å². The molecule has 3 rings (SSSR count). The van der Waals surface area contributed by atoms with Crippen LogP contribution < -0.4 is 0 Å². The highest BCUT2D eigenvalue weighted by molar-refractivity contribution is 6.17. The molecule has 0 radical (unpaired) electrons. The number of nitrogens with zero attached hydrogens (tertiary/aromatic N) is 4. The van der Waals surface area contributed by atoms with E-state index in [0.29, 0.717) is 5.88 Å². The number of aromatic nitrogens is 2. The van der Waals surface area contributed by atoms with Crippen molar-refractivity contribution in [1.29, 1.82) is 0 Å². The van der Waals surface area contributed by atoms with Crippen molar-refractivity contribution in [2.45, 2.75) is 13.0 Å². The second-order valence-corrected chi connectivity index (χ2v) is 5.01. The molecule has 0 amide bonds. The Labute approximate surface area is 123 Å². The Morgan fingerprint density at radius 2 is 2.10 bits per heavy atom. The molecule has 0 fully saturated rings. The van der Waals surface area contributed by atoms with Crippen LogP contribution in [0.3, 0.4) is 0 Å². The van der Waals surface area contributed by atoms with Gasteiger partial charge in [0, 0.05) is 30.4 Å². The van der Waals surface area contributed by atoms with Crippen molar-refractivity contribution in [3.8, 4) is 0 Å². The van der Waals surface area contributed by atoms with Gasteiger partial charge >= 0.3 is 0 Å². The van der Waals surface area contributed by atoms with Crippen LogP contribution in [0.25, 0.3) is 0 Å². The molecular weight excluding hydrogens is 272 g/mol. The Balaban J connectivity index is 2.00. The van der Waals surface area contributed by atoms with Crippen molar-refractivity contribution in [3.63, 3.8) is 0 Å². The molecule has 0 saturated carbocycles. The number of rotatable bonds is 4. The summed E-state index contributed by atoms with van der Waals surface area (Å²) in [4.78, 5) is 8.51. The maximum atomic E-state index is 5.78. The molecule has 5 heteroatoms. The predicted octanol–water partition coefficient (Wildman–Crippen LogP) is 2.67. The molecular formula is C15H15ClN4. The van der Waals surface area contributed by atoms with Crippen LogP contribution in [0.5, 0.6) is 0 Å². The Morgan fingerprint density at radius 3 is 2.90 bits per heavy atom. The lowest BCUT2D eigenvalue weighted by Gasteiger charge is -2.27. The molecule has 0 unspecified atom stereocenters. The number of hydrazone groups is 1. The molecule has 1 aromatic heterocycles. The van der Waals surface area contributed by atoms with E-state index in [0.717, 1.165) is 36.5 Å². The van der Waals surface area contributed by atoms with Gasteiger partial charge in [0.1, 0.15) is 11.4 Å². The largest absolute Gasteiger partial charge is 0.292 e. The van der Waals surface area contributed by atoms with Crippen molar-refractivity contribution in [2.24, 2.45) is 5.10 Å². The molecule has 102 valence electrons. The molecule has 20 heavy (non-hydrogen) atoms. The first-order chi connectivity index (χ1) is 9.88. The fourth-order valence-corrected chi connectivity index (χ4v) is 2.42. The first kappa shape index (κ1) is 13.1. The number of alkyl halides is 1. The average molecular weight is 287 g/mol. The van der Waals surface area contributed by atoms with Crippen molar-refractivity contribution in [3.05, 3.63) is 59.7 Å². The zero-order valence-electron chi connectivity index (χ0n) is 11.0. The van der Waals surface area contributed by atoms with Crippen LogP contribution in [-0.2, 0) is 6.54 Å². The summed E-state index contributed by atoms with van der Waals surface area (Å²) in [7, 11) is 0. The fraction of sp³-hybridized carbons (Fsp3) is 0.267. The molecule has 1 aromatic carbocycles. The third-order valence-corrected chi connectivity index (χ3v) is 3.49. The predicted molar refractivity (Wildman–Crippen MR) is 79.9 cm³/mol. The van der Waals surface area contributed by atoms with Crippen LogP contribution in [0.2, 0.25) is 0 Å². The molecule has 0 atom stereocenters. The van der Waals surface area contributed by atoms with E-state index >= 15 is 0 Å². The quantitative estimate of drug-likeness (QED) is 0.812. The average Bonchev–Trinajstić information content (AvgIpc) is 2.53. The molecule has 0 N–H and O–H groups in total. The normalized spacial score (nSPS) is 13.8. The number of benzene rings is 1. The van der Waals surface area contributed by atoms with Crippen LogP contribution in [-0.4, -0.2) is 33.1 Å². The highest BCUT2D eigenvalue weighted by Gasteiger charge is 2.20. The van der Waals surface area contributed by atoms with Crippen LogP contribution in [0.4, 0.5) is 0 Å². The molecule has 2 heterocycles. The maximum absolute atomic E-state index is 5.78. The van der Waals surface area contributed by atoms with Gasteiger partial charge in [-0.3, -0.25) is 15.0 Å². The van der Waals surface area contributed by atoms with Crippen molar-refractivity contribution in [2.75, 3.05) is 12.4 Å². The summed E-state index contributed by atoms with van der Waals surface area (Å²) >= 11 is 5.78. The molecule has 0 bridgehead atoms. The summed E-state index contributed by atoms with van der Waals surface area (Å²) in [6.07, 6.45) is 6.03. The summed E-state index contributed by atoms with van der Waals surface area (Å²) in [5.41, 5.74) is 4.08.